The summed E-state index contributed by atoms with van der Waals surface area (Å²) >= 11 is 18.0. The van der Waals surface area contributed by atoms with E-state index < -0.39 is 5.56 Å². The molecular formula is C11H8Cl3N3O. The molecule has 18 heavy (non-hydrogen) atoms. The lowest BCUT2D eigenvalue weighted by Crippen LogP contribution is -2.10. The van der Waals surface area contributed by atoms with Gasteiger partial charge in [-0.3, -0.25) is 4.79 Å². The number of hydrogen-bond acceptors (Lipinski definition) is 3. The summed E-state index contributed by atoms with van der Waals surface area (Å²) in [6.07, 6.45) is 1.24. The van der Waals surface area contributed by atoms with Crippen LogP contribution in [0.4, 0.5) is 11.5 Å². The van der Waals surface area contributed by atoms with E-state index in [9.17, 15) is 4.79 Å². The van der Waals surface area contributed by atoms with Crippen LogP contribution in [0.25, 0.3) is 0 Å². The molecule has 94 valence electrons. The van der Waals surface area contributed by atoms with Crippen LogP contribution in [0, 0.1) is 6.92 Å². The summed E-state index contributed by atoms with van der Waals surface area (Å²) in [4.78, 5) is 17.6. The second kappa shape index (κ2) is 5.18. The van der Waals surface area contributed by atoms with Gasteiger partial charge >= 0.3 is 0 Å². The van der Waals surface area contributed by atoms with E-state index in [4.69, 9.17) is 34.8 Å². The predicted molar refractivity (Wildman–Crippen MR) is 74.3 cm³/mol. The predicted octanol–water partition coefficient (Wildman–Crippen LogP) is 3.78. The monoisotopic (exact) mass is 303 g/mol. The van der Waals surface area contributed by atoms with E-state index in [-0.39, 0.29) is 10.8 Å². The summed E-state index contributed by atoms with van der Waals surface area (Å²) in [6.45, 7) is 1.84. The number of anilines is 2. The van der Waals surface area contributed by atoms with Gasteiger partial charge in [-0.1, -0.05) is 40.9 Å². The van der Waals surface area contributed by atoms with Gasteiger partial charge in [0.15, 0.2) is 5.82 Å². The van der Waals surface area contributed by atoms with Crippen molar-refractivity contribution in [3.05, 3.63) is 49.4 Å². The van der Waals surface area contributed by atoms with Gasteiger partial charge in [0, 0.05) is 0 Å². The Morgan fingerprint density at radius 1 is 1.22 bits per heavy atom. The Bertz CT molecular complexity index is 654. The molecule has 4 nitrogen and oxygen atoms in total. The number of nitrogens with one attached hydrogen (secondary N) is 2. The van der Waals surface area contributed by atoms with Gasteiger partial charge in [0.25, 0.3) is 5.56 Å². The highest BCUT2D eigenvalue weighted by molar-refractivity contribution is 6.40. The van der Waals surface area contributed by atoms with Crippen molar-refractivity contribution < 1.29 is 0 Å². The second-order valence-electron chi connectivity index (χ2n) is 3.57. The zero-order chi connectivity index (χ0) is 13.3. The van der Waals surface area contributed by atoms with E-state index in [1.807, 2.05) is 6.92 Å². The first kappa shape index (κ1) is 13.2. The topological polar surface area (TPSA) is 57.8 Å². The van der Waals surface area contributed by atoms with Crippen LogP contribution in [-0.4, -0.2) is 9.97 Å². The molecule has 1 aromatic carbocycles. The van der Waals surface area contributed by atoms with Crippen molar-refractivity contribution in [2.24, 2.45) is 0 Å². The average molecular weight is 305 g/mol. The largest absolute Gasteiger partial charge is 0.336 e. The Hall–Kier alpha value is -1.23. The number of halogens is 3. The summed E-state index contributed by atoms with van der Waals surface area (Å²) in [6, 6.07) is 3.49. The normalized spacial score (nSPS) is 10.4. The Morgan fingerprint density at radius 3 is 2.67 bits per heavy atom. The zero-order valence-corrected chi connectivity index (χ0v) is 11.5. The van der Waals surface area contributed by atoms with Gasteiger partial charge in [-0.05, 0) is 18.6 Å². The fourth-order valence-corrected chi connectivity index (χ4v) is 1.98. The maximum Gasteiger partial charge on any atom is 0.271 e. The van der Waals surface area contributed by atoms with E-state index in [0.717, 1.165) is 5.56 Å². The van der Waals surface area contributed by atoms with Crippen molar-refractivity contribution >= 4 is 46.3 Å². The first-order valence-corrected chi connectivity index (χ1v) is 6.09. The van der Waals surface area contributed by atoms with E-state index >= 15 is 0 Å². The van der Waals surface area contributed by atoms with Crippen LogP contribution in [0.3, 0.4) is 0 Å². The third kappa shape index (κ3) is 2.46. The molecule has 0 unspecified atom stereocenters. The molecule has 1 heterocycles. The van der Waals surface area contributed by atoms with E-state index in [1.165, 1.54) is 6.33 Å². The standard InChI is InChI=1S/C11H8Cl3N3O/c1-5-2-3-6(12)9(7(5)13)17-10-8(14)11(18)16-4-15-10/h2-4H,1H3,(H2,15,16,17,18). The minimum absolute atomic E-state index is 0.0499. The number of rotatable bonds is 2. The van der Waals surface area contributed by atoms with Gasteiger partial charge < -0.3 is 10.3 Å². The first-order valence-electron chi connectivity index (χ1n) is 4.95. The number of nitrogens with zero attached hydrogens (tertiary/aromatic N) is 1. The lowest BCUT2D eigenvalue weighted by molar-refractivity contribution is 1.12. The van der Waals surface area contributed by atoms with E-state index in [2.05, 4.69) is 15.3 Å². The second-order valence-corrected chi connectivity index (χ2v) is 4.74. The molecule has 2 rings (SSSR count). The lowest BCUT2D eigenvalue weighted by Gasteiger charge is -2.11. The first-order chi connectivity index (χ1) is 8.50. The molecule has 1 aromatic heterocycles. The smallest absolute Gasteiger partial charge is 0.271 e. The van der Waals surface area contributed by atoms with Crippen molar-refractivity contribution in [3.63, 3.8) is 0 Å². The van der Waals surface area contributed by atoms with Crippen LogP contribution in [-0.2, 0) is 0 Å². The van der Waals surface area contributed by atoms with Gasteiger partial charge in [-0.25, -0.2) is 4.98 Å². The Morgan fingerprint density at radius 2 is 1.94 bits per heavy atom. The maximum absolute atomic E-state index is 11.3. The molecule has 0 aliphatic carbocycles. The quantitative estimate of drug-likeness (QED) is 0.887. The number of aromatic amines is 1. The number of H-pyrrole nitrogens is 1. The van der Waals surface area contributed by atoms with Crippen LogP contribution < -0.4 is 10.9 Å². The summed E-state index contributed by atoms with van der Waals surface area (Å²) < 4.78 is 0. The molecule has 0 aliphatic rings. The molecule has 0 saturated heterocycles. The highest BCUT2D eigenvalue weighted by atomic mass is 35.5. The SMILES string of the molecule is Cc1ccc(Cl)c(Nc2nc[nH]c(=O)c2Cl)c1Cl. The van der Waals surface area contributed by atoms with Crippen molar-refractivity contribution in [3.8, 4) is 0 Å². The summed E-state index contributed by atoms with van der Waals surface area (Å²) in [5, 5.41) is 3.69. The lowest BCUT2D eigenvalue weighted by atomic mass is 10.2. The molecule has 0 amide bonds. The Kier molecular flexibility index (Phi) is 3.80. The van der Waals surface area contributed by atoms with Gasteiger partial charge in [0.05, 0.1) is 22.1 Å². The number of hydrogen-bond donors (Lipinski definition) is 2. The van der Waals surface area contributed by atoms with Crippen LogP contribution in [0.15, 0.2) is 23.3 Å². The highest BCUT2D eigenvalue weighted by Crippen LogP contribution is 2.35. The molecular weight excluding hydrogens is 296 g/mol. The van der Waals surface area contributed by atoms with Gasteiger partial charge in [0.2, 0.25) is 0 Å². The average Bonchev–Trinajstić information content (AvgIpc) is 2.35. The third-order valence-corrected chi connectivity index (χ3v) is 3.48. The van der Waals surface area contributed by atoms with Crippen LogP contribution in [0.1, 0.15) is 5.56 Å². The molecule has 0 bridgehead atoms. The Labute approximate surface area is 118 Å². The van der Waals surface area contributed by atoms with Crippen LogP contribution in [0.2, 0.25) is 15.1 Å². The van der Waals surface area contributed by atoms with Crippen LogP contribution in [0.5, 0.6) is 0 Å². The van der Waals surface area contributed by atoms with Gasteiger partial charge in [-0.2, -0.15) is 0 Å². The molecule has 2 N–H and O–H groups in total. The van der Waals surface area contributed by atoms with Crippen molar-refractivity contribution in [2.45, 2.75) is 6.92 Å². The number of benzene rings is 1. The molecule has 0 atom stereocenters. The summed E-state index contributed by atoms with van der Waals surface area (Å²) in [5.74, 6) is 0.204. The van der Waals surface area contributed by atoms with Gasteiger partial charge in [0.1, 0.15) is 5.02 Å². The minimum Gasteiger partial charge on any atom is -0.336 e. The maximum atomic E-state index is 11.3. The van der Waals surface area contributed by atoms with Gasteiger partial charge in [-0.15, -0.1) is 0 Å². The Balaban J connectivity index is 2.50. The van der Waals surface area contributed by atoms with E-state index in [0.29, 0.717) is 15.7 Å². The van der Waals surface area contributed by atoms with Crippen molar-refractivity contribution in [1.82, 2.24) is 9.97 Å². The van der Waals surface area contributed by atoms with Crippen molar-refractivity contribution in [2.75, 3.05) is 5.32 Å². The van der Waals surface area contributed by atoms with E-state index in [1.54, 1.807) is 12.1 Å². The fourth-order valence-electron chi connectivity index (χ4n) is 1.36. The summed E-state index contributed by atoms with van der Waals surface area (Å²) in [7, 11) is 0. The molecule has 0 fully saturated rings. The molecule has 0 radical (unpaired) electrons. The summed E-state index contributed by atoms with van der Waals surface area (Å²) in [5.41, 5.74) is 0.886. The zero-order valence-electron chi connectivity index (χ0n) is 9.22. The van der Waals surface area contributed by atoms with Crippen molar-refractivity contribution in [1.29, 1.82) is 0 Å². The number of aryl methyl sites for hydroxylation is 1. The van der Waals surface area contributed by atoms with Crippen LogP contribution >= 0.6 is 34.8 Å². The molecule has 2 aromatic rings. The molecule has 7 heteroatoms. The molecule has 0 saturated carbocycles. The minimum atomic E-state index is -0.436. The molecule has 0 spiro atoms. The highest BCUT2D eigenvalue weighted by Gasteiger charge is 2.12. The molecule has 0 aliphatic heterocycles. The number of aromatic nitrogens is 2. The third-order valence-electron chi connectivity index (χ3n) is 2.32. The fraction of sp³-hybridized carbons (Fsp3) is 0.0909.